The Hall–Kier alpha value is -1.08. The predicted molar refractivity (Wildman–Crippen MR) is 89.6 cm³/mol. The van der Waals surface area contributed by atoms with Crippen molar-refractivity contribution in [2.75, 3.05) is 18.9 Å². The van der Waals surface area contributed by atoms with Gasteiger partial charge in [-0.2, -0.15) is 0 Å². The van der Waals surface area contributed by atoms with Gasteiger partial charge in [-0.25, -0.2) is 4.98 Å². The normalized spacial score (nSPS) is 10.6. The minimum Gasteiger partial charge on any atom is -0.326 e. The molecule has 2 N–H and O–H groups in total. The Morgan fingerprint density at radius 1 is 1.48 bits per heavy atom. The highest BCUT2D eigenvalue weighted by Gasteiger charge is 2.08. The summed E-state index contributed by atoms with van der Waals surface area (Å²) in [7, 11) is 1.82. The van der Waals surface area contributed by atoms with E-state index in [1.54, 1.807) is 17.4 Å². The topological polar surface area (TPSA) is 54.0 Å². The van der Waals surface area contributed by atoms with Gasteiger partial charge in [-0.05, 0) is 32.2 Å². The molecule has 7 heteroatoms. The Bertz CT molecular complexity index is 630. The Morgan fingerprint density at radius 3 is 2.90 bits per heavy atom. The van der Waals surface area contributed by atoms with Gasteiger partial charge < -0.3 is 10.6 Å². The number of benzene rings is 1. The second-order valence-corrected chi connectivity index (χ2v) is 6.96. The third kappa shape index (κ3) is 5.00. The fraction of sp³-hybridized carbons (Fsp3) is 0.286. The molecule has 1 amide bonds. The minimum absolute atomic E-state index is 0.0311. The molecule has 1 heterocycles. The van der Waals surface area contributed by atoms with Crippen LogP contribution in [0.15, 0.2) is 32.8 Å². The van der Waals surface area contributed by atoms with E-state index in [1.165, 1.54) is 11.8 Å². The summed E-state index contributed by atoms with van der Waals surface area (Å²) in [6.07, 6.45) is 0.434. The number of aryl methyl sites for hydroxylation is 1. The van der Waals surface area contributed by atoms with E-state index >= 15 is 0 Å². The number of hydrogen-bond donors (Lipinski definition) is 2. The molecule has 1 aromatic heterocycles. The molecule has 0 saturated carbocycles. The van der Waals surface area contributed by atoms with Crippen LogP contribution in [0.1, 0.15) is 12.1 Å². The highest BCUT2D eigenvalue weighted by atomic mass is 35.5. The number of thiazole rings is 1. The zero-order valence-electron chi connectivity index (χ0n) is 11.8. The molecule has 0 unspecified atom stereocenters. The summed E-state index contributed by atoms with van der Waals surface area (Å²) in [5, 5.41) is 8.38. The summed E-state index contributed by atoms with van der Waals surface area (Å²) in [6.45, 7) is 2.61. The van der Waals surface area contributed by atoms with E-state index in [0.717, 1.165) is 14.9 Å². The van der Waals surface area contributed by atoms with Crippen LogP contribution < -0.4 is 10.6 Å². The van der Waals surface area contributed by atoms with Gasteiger partial charge in [0, 0.05) is 34.6 Å². The number of halogens is 1. The maximum absolute atomic E-state index is 11.7. The van der Waals surface area contributed by atoms with Gasteiger partial charge in [0.05, 0.1) is 5.02 Å². The summed E-state index contributed by atoms with van der Waals surface area (Å²) in [5.41, 5.74) is 1.72. The quantitative estimate of drug-likeness (QED) is 0.839. The summed E-state index contributed by atoms with van der Waals surface area (Å²) < 4.78 is 0.959. The van der Waals surface area contributed by atoms with Crippen LogP contribution in [0.3, 0.4) is 0 Å². The maximum atomic E-state index is 11.7. The molecular weight excluding hydrogens is 326 g/mol. The molecule has 0 radical (unpaired) electrons. The molecule has 4 nitrogen and oxygen atoms in total. The van der Waals surface area contributed by atoms with Gasteiger partial charge >= 0.3 is 0 Å². The summed E-state index contributed by atoms with van der Waals surface area (Å²) in [4.78, 5) is 17.0. The van der Waals surface area contributed by atoms with Crippen LogP contribution in [0, 0.1) is 6.92 Å². The molecule has 0 aliphatic heterocycles. The number of carbonyl (C=O) groups is 1. The van der Waals surface area contributed by atoms with E-state index in [-0.39, 0.29) is 5.91 Å². The monoisotopic (exact) mass is 341 g/mol. The fourth-order valence-corrected chi connectivity index (χ4v) is 3.69. The molecular formula is C14H16ClN3OS2. The Morgan fingerprint density at radius 2 is 2.29 bits per heavy atom. The number of carbonyl (C=O) groups excluding carboxylic acids is 1. The van der Waals surface area contributed by atoms with E-state index in [2.05, 4.69) is 15.6 Å². The van der Waals surface area contributed by atoms with Crippen LogP contribution in [0.2, 0.25) is 5.02 Å². The lowest BCUT2D eigenvalue weighted by atomic mass is 10.3. The molecule has 0 saturated heterocycles. The van der Waals surface area contributed by atoms with Crippen molar-refractivity contribution in [1.29, 1.82) is 0 Å². The minimum atomic E-state index is -0.0311. The van der Waals surface area contributed by atoms with Gasteiger partial charge in [-0.1, -0.05) is 23.4 Å². The van der Waals surface area contributed by atoms with Crippen molar-refractivity contribution in [2.24, 2.45) is 0 Å². The Kier molecular flexibility index (Phi) is 6.05. The lowest BCUT2D eigenvalue weighted by Crippen LogP contribution is -2.18. The lowest BCUT2D eigenvalue weighted by molar-refractivity contribution is -0.116. The van der Waals surface area contributed by atoms with Gasteiger partial charge in [0.1, 0.15) is 0 Å². The number of amides is 1. The first kappa shape index (κ1) is 16.3. The number of aromatic nitrogens is 1. The molecule has 21 heavy (non-hydrogen) atoms. The van der Waals surface area contributed by atoms with Crippen LogP contribution in [-0.2, 0) is 4.79 Å². The van der Waals surface area contributed by atoms with E-state index < -0.39 is 0 Å². The molecule has 0 spiro atoms. The van der Waals surface area contributed by atoms with Crippen LogP contribution >= 0.6 is 34.7 Å². The molecule has 0 aliphatic carbocycles. The number of anilines is 1. The van der Waals surface area contributed by atoms with Crippen LogP contribution in [0.4, 0.5) is 5.69 Å². The van der Waals surface area contributed by atoms with Crippen LogP contribution in [0.5, 0.6) is 0 Å². The molecule has 2 rings (SSSR count). The van der Waals surface area contributed by atoms with Gasteiger partial charge in [0.2, 0.25) is 5.91 Å². The standard InChI is InChI=1S/C14H16ClN3OS2/c1-9-8-20-14(17-9)21-12-4-3-10(7-11(12)15)18-13(19)5-6-16-2/h3-4,7-8,16H,5-6H2,1-2H3,(H,18,19). The molecule has 2 aromatic rings. The third-order valence-corrected chi connectivity index (χ3v) is 5.17. The smallest absolute Gasteiger partial charge is 0.225 e. The molecule has 0 bridgehead atoms. The van der Waals surface area contributed by atoms with Crippen molar-refractivity contribution in [2.45, 2.75) is 22.6 Å². The molecule has 112 valence electrons. The van der Waals surface area contributed by atoms with Crippen molar-refractivity contribution in [1.82, 2.24) is 10.3 Å². The van der Waals surface area contributed by atoms with Crippen molar-refractivity contribution >= 4 is 46.3 Å². The summed E-state index contributed by atoms with van der Waals surface area (Å²) >= 11 is 9.39. The predicted octanol–water partition coefficient (Wildman–Crippen LogP) is 3.80. The summed E-state index contributed by atoms with van der Waals surface area (Å²) in [5.74, 6) is -0.0311. The van der Waals surface area contributed by atoms with Gasteiger partial charge in [-0.3, -0.25) is 4.79 Å². The van der Waals surface area contributed by atoms with Crippen molar-refractivity contribution in [3.05, 3.63) is 34.3 Å². The number of hydrogen-bond acceptors (Lipinski definition) is 5. The first-order chi connectivity index (χ1) is 10.1. The van der Waals surface area contributed by atoms with E-state index in [4.69, 9.17) is 11.6 Å². The lowest BCUT2D eigenvalue weighted by Gasteiger charge is -2.07. The zero-order chi connectivity index (χ0) is 15.2. The second kappa shape index (κ2) is 7.79. The third-order valence-electron chi connectivity index (χ3n) is 2.61. The highest BCUT2D eigenvalue weighted by molar-refractivity contribution is 8.01. The van der Waals surface area contributed by atoms with Crippen molar-refractivity contribution < 1.29 is 4.79 Å². The first-order valence-corrected chi connectivity index (χ1v) is 8.50. The first-order valence-electron chi connectivity index (χ1n) is 6.42. The second-order valence-electron chi connectivity index (χ2n) is 4.40. The molecule has 1 aromatic carbocycles. The molecule has 0 fully saturated rings. The largest absolute Gasteiger partial charge is 0.326 e. The molecule has 0 atom stereocenters. The zero-order valence-corrected chi connectivity index (χ0v) is 14.2. The number of nitrogens with zero attached hydrogens (tertiary/aromatic N) is 1. The van der Waals surface area contributed by atoms with Crippen molar-refractivity contribution in [3.8, 4) is 0 Å². The average Bonchev–Trinajstić information content (AvgIpc) is 2.85. The van der Waals surface area contributed by atoms with Gasteiger partial charge in [0.15, 0.2) is 4.34 Å². The maximum Gasteiger partial charge on any atom is 0.225 e. The SMILES string of the molecule is CNCCC(=O)Nc1ccc(Sc2nc(C)cs2)c(Cl)c1. The van der Waals surface area contributed by atoms with Gasteiger partial charge in [-0.15, -0.1) is 11.3 Å². The van der Waals surface area contributed by atoms with E-state index in [1.807, 2.05) is 31.5 Å². The van der Waals surface area contributed by atoms with E-state index in [9.17, 15) is 4.79 Å². The molecule has 0 aliphatic rings. The van der Waals surface area contributed by atoms with E-state index in [0.29, 0.717) is 23.7 Å². The number of rotatable bonds is 6. The van der Waals surface area contributed by atoms with Crippen LogP contribution in [-0.4, -0.2) is 24.5 Å². The number of nitrogens with one attached hydrogen (secondary N) is 2. The Balaban J connectivity index is 2.01. The fourth-order valence-electron chi connectivity index (χ4n) is 1.60. The summed E-state index contributed by atoms with van der Waals surface area (Å²) in [6, 6.07) is 5.52. The highest BCUT2D eigenvalue weighted by Crippen LogP contribution is 2.36. The average molecular weight is 342 g/mol. The Labute approximate surface area is 137 Å². The van der Waals surface area contributed by atoms with Crippen LogP contribution in [0.25, 0.3) is 0 Å². The van der Waals surface area contributed by atoms with Gasteiger partial charge in [0.25, 0.3) is 0 Å². The van der Waals surface area contributed by atoms with Crippen molar-refractivity contribution in [3.63, 3.8) is 0 Å².